The number of nitrogens with zero attached hydrogens (tertiary/aromatic N) is 1. The normalized spacial score (nSPS) is 18.2. The summed E-state index contributed by atoms with van der Waals surface area (Å²) in [5.74, 6) is -0.351. The zero-order valence-corrected chi connectivity index (χ0v) is 12.0. The highest BCUT2D eigenvalue weighted by atomic mass is 32.2. The van der Waals surface area contributed by atoms with Gasteiger partial charge in [-0.15, -0.1) is 0 Å². The van der Waals surface area contributed by atoms with E-state index in [1.807, 2.05) is 0 Å². The predicted octanol–water partition coefficient (Wildman–Crippen LogP) is -0.0739. The first-order chi connectivity index (χ1) is 9.32. The van der Waals surface area contributed by atoms with Gasteiger partial charge in [-0.3, -0.25) is 0 Å². The van der Waals surface area contributed by atoms with E-state index in [1.54, 1.807) is 0 Å². The van der Waals surface area contributed by atoms with Crippen LogP contribution in [0.4, 0.5) is 4.39 Å². The maximum atomic E-state index is 13.4. The van der Waals surface area contributed by atoms with Crippen molar-refractivity contribution >= 4 is 22.6 Å². The molecule has 0 bridgehead atoms. The number of benzene rings is 1. The summed E-state index contributed by atoms with van der Waals surface area (Å²) >= 11 is 0. The van der Waals surface area contributed by atoms with Crippen LogP contribution in [0.5, 0.6) is 0 Å². The molecule has 5 nitrogen and oxygen atoms in total. The van der Waals surface area contributed by atoms with Crippen LogP contribution in [-0.2, 0) is 10.0 Å². The molecule has 1 aliphatic rings. The molecule has 1 saturated heterocycles. The van der Waals surface area contributed by atoms with Crippen LogP contribution in [0, 0.1) is 11.7 Å². The molecule has 0 aromatic heterocycles. The largest absolute Gasteiger partial charge is 0.491 e. The van der Waals surface area contributed by atoms with Gasteiger partial charge < -0.3 is 10.0 Å². The molecule has 1 aromatic rings. The summed E-state index contributed by atoms with van der Waals surface area (Å²) in [4.78, 5) is -0.114. The van der Waals surface area contributed by atoms with Crippen LogP contribution in [0.2, 0.25) is 0 Å². The van der Waals surface area contributed by atoms with E-state index in [0.717, 1.165) is 31.0 Å². The molecule has 1 aliphatic heterocycles. The fraction of sp³-hybridized carbons (Fsp3) is 0.500. The Morgan fingerprint density at radius 2 is 1.90 bits per heavy atom. The molecular weight excluding hydrogens is 284 g/mol. The van der Waals surface area contributed by atoms with E-state index < -0.39 is 28.4 Å². The van der Waals surface area contributed by atoms with E-state index in [2.05, 4.69) is 6.92 Å². The molecule has 0 spiro atoms. The van der Waals surface area contributed by atoms with Gasteiger partial charge in [0, 0.05) is 18.6 Å². The van der Waals surface area contributed by atoms with Gasteiger partial charge in [0.25, 0.3) is 0 Å². The minimum Gasteiger partial charge on any atom is -0.423 e. The molecule has 0 aliphatic carbocycles. The Kier molecular flexibility index (Phi) is 4.48. The van der Waals surface area contributed by atoms with Crippen LogP contribution in [0.25, 0.3) is 0 Å². The van der Waals surface area contributed by atoms with E-state index in [-0.39, 0.29) is 4.90 Å². The Hall–Kier alpha value is -0.955. The van der Waals surface area contributed by atoms with E-state index in [4.69, 9.17) is 10.0 Å². The molecule has 0 atom stereocenters. The molecule has 0 amide bonds. The van der Waals surface area contributed by atoms with Gasteiger partial charge in [-0.25, -0.2) is 12.8 Å². The lowest BCUT2D eigenvalue weighted by atomic mass is 9.80. The topological polar surface area (TPSA) is 77.8 Å². The summed E-state index contributed by atoms with van der Waals surface area (Å²) in [5.41, 5.74) is -0.434. The molecule has 20 heavy (non-hydrogen) atoms. The third-order valence-corrected chi connectivity index (χ3v) is 5.52. The maximum absolute atomic E-state index is 13.4. The SMILES string of the molecule is CC1CCN(S(=O)(=O)c2ccc(F)c(B(O)O)c2)CC1. The van der Waals surface area contributed by atoms with Gasteiger partial charge in [0.15, 0.2) is 0 Å². The van der Waals surface area contributed by atoms with Gasteiger partial charge in [0.05, 0.1) is 4.90 Å². The monoisotopic (exact) mass is 301 g/mol. The van der Waals surface area contributed by atoms with Gasteiger partial charge in [-0.1, -0.05) is 6.92 Å². The van der Waals surface area contributed by atoms with Crippen molar-refractivity contribution in [2.45, 2.75) is 24.7 Å². The molecule has 1 fully saturated rings. The highest BCUT2D eigenvalue weighted by molar-refractivity contribution is 7.89. The number of piperidine rings is 1. The first-order valence-electron chi connectivity index (χ1n) is 6.48. The second-order valence-electron chi connectivity index (χ2n) is 5.14. The Morgan fingerprint density at radius 1 is 1.30 bits per heavy atom. The lowest BCUT2D eigenvalue weighted by molar-refractivity contribution is 0.288. The second kappa shape index (κ2) is 5.81. The third kappa shape index (κ3) is 3.03. The van der Waals surface area contributed by atoms with Crippen LogP contribution >= 0.6 is 0 Å². The van der Waals surface area contributed by atoms with E-state index >= 15 is 0 Å². The maximum Gasteiger partial charge on any atom is 0.491 e. The van der Waals surface area contributed by atoms with E-state index in [9.17, 15) is 12.8 Å². The van der Waals surface area contributed by atoms with Crippen molar-refractivity contribution in [2.75, 3.05) is 13.1 Å². The van der Waals surface area contributed by atoms with Gasteiger partial charge in [0.1, 0.15) is 5.82 Å². The highest BCUT2D eigenvalue weighted by Crippen LogP contribution is 2.23. The summed E-state index contributed by atoms with van der Waals surface area (Å²) in [6, 6.07) is 3.07. The molecule has 0 unspecified atom stereocenters. The highest BCUT2D eigenvalue weighted by Gasteiger charge is 2.29. The predicted molar refractivity (Wildman–Crippen MR) is 73.4 cm³/mol. The zero-order valence-electron chi connectivity index (χ0n) is 11.2. The summed E-state index contributed by atoms with van der Waals surface area (Å²) in [7, 11) is -5.75. The van der Waals surface area contributed by atoms with E-state index in [0.29, 0.717) is 19.0 Å². The van der Waals surface area contributed by atoms with Gasteiger partial charge in [-0.05, 0) is 37.0 Å². The molecule has 1 heterocycles. The van der Waals surface area contributed by atoms with E-state index in [1.165, 1.54) is 4.31 Å². The zero-order chi connectivity index (χ0) is 14.9. The Balaban J connectivity index is 2.32. The van der Waals surface area contributed by atoms with Crippen molar-refractivity contribution in [3.63, 3.8) is 0 Å². The van der Waals surface area contributed by atoms with Gasteiger partial charge >= 0.3 is 7.12 Å². The molecule has 2 N–H and O–H groups in total. The van der Waals surface area contributed by atoms with Crippen LogP contribution in [-0.4, -0.2) is 43.0 Å². The molecule has 8 heteroatoms. The summed E-state index contributed by atoms with van der Waals surface area (Å²) in [6.45, 7) is 2.93. The minimum atomic E-state index is -3.71. The fourth-order valence-electron chi connectivity index (χ4n) is 2.25. The number of halogens is 1. The molecule has 2 rings (SSSR count). The molecule has 1 aromatic carbocycles. The van der Waals surface area contributed by atoms with Crippen molar-refractivity contribution in [2.24, 2.45) is 5.92 Å². The fourth-order valence-corrected chi connectivity index (χ4v) is 3.76. The van der Waals surface area contributed by atoms with Crippen LogP contribution in [0.3, 0.4) is 0 Å². The van der Waals surface area contributed by atoms with Crippen molar-refractivity contribution in [3.8, 4) is 0 Å². The third-order valence-electron chi connectivity index (χ3n) is 3.63. The molecular formula is C12H17BFNO4S. The Bertz CT molecular complexity index is 585. The number of sulfonamides is 1. The average molecular weight is 301 g/mol. The van der Waals surface area contributed by atoms with Crippen LogP contribution in [0.15, 0.2) is 23.1 Å². The standard InChI is InChI=1S/C12H17BFNO4S/c1-9-4-6-15(7-5-9)20(18,19)10-2-3-12(14)11(8-10)13(16)17/h2-3,8-9,16-17H,4-7H2,1H3. The summed E-state index contributed by atoms with van der Waals surface area (Å²) < 4.78 is 39.6. The van der Waals surface area contributed by atoms with Crippen molar-refractivity contribution in [1.29, 1.82) is 0 Å². The van der Waals surface area contributed by atoms with Crippen molar-refractivity contribution in [1.82, 2.24) is 4.31 Å². The van der Waals surface area contributed by atoms with Gasteiger partial charge in [0.2, 0.25) is 10.0 Å². The summed E-state index contributed by atoms with van der Waals surface area (Å²) in [6.07, 6.45) is 1.58. The van der Waals surface area contributed by atoms with Crippen molar-refractivity contribution < 1.29 is 22.9 Å². The number of hydrogen-bond donors (Lipinski definition) is 2. The number of hydrogen-bond acceptors (Lipinski definition) is 4. The second-order valence-corrected chi connectivity index (χ2v) is 7.08. The first kappa shape index (κ1) is 15.4. The number of rotatable bonds is 3. The lowest BCUT2D eigenvalue weighted by Gasteiger charge is -2.29. The summed E-state index contributed by atoms with van der Waals surface area (Å²) in [5, 5.41) is 18.1. The Labute approximate surface area is 118 Å². The quantitative estimate of drug-likeness (QED) is 0.766. The van der Waals surface area contributed by atoms with Gasteiger partial charge in [-0.2, -0.15) is 4.31 Å². The average Bonchev–Trinajstić information content (AvgIpc) is 2.39. The smallest absolute Gasteiger partial charge is 0.423 e. The Morgan fingerprint density at radius 3 is 2.45 bits per heavy atom. The van der Waals surface area contributed by atoms with Crippen molar-refractivity contribution in [3.05, 3.63) is 24.0 Å². The molecule has 110 valence electrons. The van der Waals surface area contributed by atoms with Crippen LogP contribution in [0.1, 0.15) is 19.8 Å². The molecule has 0 saturated carbocycles. The lowest BCUT2D eigenvalue weighted by Crippen LogP contribution is -2.39. The molecule has 0 radical (unpaired) electrons. The first-order valence-corrected chi connectivity index (χ1v) is 7.92. The van der Waals surface area contributed by atoms with Crippen LogP contribution < -0.4 is 5.46 Å². The minimum absolute atomic E-state index is 0.114.